The highest BCUT2D eigenvalue weighted by molar-refractivity contribution is 14.0. The Labute approximate surface area is 188 Å². The quantitative estimate of drug-likeness (QED) is 0.347. The molecule has 4 rings (SSSR count). The minimum absolute atomic E-state index is 0. The maximum absolute atomic E-state index is 11.8. The molecule has 2 heterocycles. The normalized spacial score (nSPS) is 33.4. The van der Waals surface area contributed by atoms with Gasteiger partial charge in [0.05, 0.1) is 11.5 Å². The lowest BCUT2D eigenvalue weighted by Crippen LogP contribution is -2.43. The maximum atomic E-state index is 11.8. The van der Waals surface area contributed by atoms with E-state index in [4.69, 9.17) is 4.99 Å². The molecule has 0 bridgehead atoms. The molecule has 28 heavy (non-hydrogen) atoms. The molecule has 0 radical (unpaired) electrons. The van der Waals surface area contributed by atoms with Crippen molar-refractivity contribution in [2.75, 3.05) is 37.7 Å². The Morgan fingerprint density at radius 1 is 0.893 bits per heavy atom. The van der Waals surface area contributed by atoms with Gasteiger partial charge in [0.1, 0.15) is 0 Å². The fourth-order valence-electron chi connectivity index (χ4n) is 5.70. The van der Waals surface area contributed by atoms with Gasteiger partial charge in [0.25, 0.3) is 0 Å². The summed E-state index contributed by atoms with van der Waals surface area (Å²) in [7, 11) is -2.81. The van der Waals surface area contributed by atoms with E-state index in [1.165, 1.54) is 57.8 Å². The fraction of sp³-hybridized carbons (Fsp3) is 0.952. The van der Waals surface area contributed by atoms with Crippen molar-refractivity contribution in [3.63, 3.8) is 0 Å². The summed E-state index contributed by atoms with van der Waals surface area (Å²) in [5.74, 6) is 4.43. The number of hydrogen-bond donors (Lipinski definition) is 1. The van der Waals surface area contributed by atoms with Crippen molar-refractivity contribution in [3.05, 3.63) is 0 Å². The van der Waals surface area contributed by atoms with Gasteiger partial charge in [-0.3, -0.25) is 4.99 Å². The summed E-state index contributed by atoms with van der Waals surface area (Å²) in [6.45, 7) is 3.99. The van der Waals surface area contributed by atoms with E-state index >= 15 is 0 Å². The number of fused-ring (bicyclic) bond motifs is 1. The van der Waals surface area contributed by atoms with Crippen molar-refractivity contribution < 1.29 is 8.42 Å². The SMILES string of the molecule is I.O=S1(=O)CCC(CN=C(NCC2CCCCC2)N2CC3CCCCC3C2)C1. The van der Waals surface area contributed by atoms with Crippen molar-refractivity contribution in [1.82, 2.24) is 10.2 Å². The number of likely N-dealkylation sites (tertiary alicyclic amines) is 1. The summed E-state index contributed by atoms with van der Waals surface area (Å²) in [5.41, 5.74) is 0. The Hall–Kier alpha value is -0.0500. The first-order valence-electron chi connectivity index (χ1n) is 11.3. The molecule has 162 valence electrons. The maximum Gasteiger partial charge on any atom is 0.193 e. The molecule has 7 heteroatoms. The van der Waals surface area contributed by atoms with Gasteiger partial charge in [0, 0.05) is 26.2 Å². The fourth-order valence-corrected chi connectivity index (χ4v) is 7.55. The van der Waals surface area contributed by atoms with E-state index in [1.54, 1.807) is 0 Å². The second-order valence-corrected chi connectivity index (χ2v) is 11.8. The molecular weight excluding hydrogens is 485 g/mol. The number of rotatable bonds is 4. The van der Waals surface area contributed by atoms with E-state index < -0.39 is 9.84 Å². The third-order valence-electron chi connectivity index (χ3n) is 7.38. The molecule has 3 atom stereocenters. The van der Waals surface area contributed by atoms with Crippen LogP contribution in [-0.2, 0) is 9.84 Å². The van der Waals surface area contributed by atoms with Crippen LogP contribution in [0.2, 0.25) is 0 Å². The first-order chi connectivity index (χ1) is 13.1. The number of sulfone groups is 1. The van der Waals surface area contributed by atoms with Gasteiger partial charge in [-0.2, -0.15) is 0 Å². The molecule has 2 aliphatic carbocycles. The van der Waals surface area contributed by atoms with Crippen LogP contribution in [0.5, 0.6) is 0 Å². The standard InChI is InChI=1S/C21H37N3O2S.HI/c25-27(26)11-10-18(16-27)13-23-21(22-12-17-6-2-1-3-7-17)24-14-19-8-4-5-9-20(19)15-24;/h17-20H,1-16H2,(H,22,23);1H. The number of hydrogen-bond acceptors (Lipinski definition) is 3. The molecular formula is C21H38IN3O2S. The van der Waals surface area contributed by atoms with Gasteiger partial charge < -0.3 is 10.2 Å². The zero-order chi connectivity index (χ0) is 18.7. The van der Waals surface area contributed by atoms with Crippen molar-refractivity contribution in [2.45, 2.75) is 64.2 Å². The monoisotopic (exact) mass is 523 g/mol. The van der Waals surface area contributed by atoms with Crippen LogP contribution in [0.15, 0.2) is 4.99 Å². The smallest absolute Gasteiger partial charge is 0.193 e. The molecule has 0 aromatic rings. The number of halogens is 1. The minimum Gasteiger partial charge on any atom is -0.356 e. The van der Waals surface area contributed by atoms with Crippen LogP contribution < -0.4 is 5.32 Å². The topological polar surface area (TPSA) is 61.8 Å². The van der Waals surface area contributed by atoms with Crippen LogP contribution in [0.25, 0.3) is 0 Å². The van der Waals surface area contributed by atoms with Crippen LogP contribution >= 0.6 is 24.0 Å². The lowest BCUT2D eigenvalue weighted by molar-refractivity contribution is 0.299. The number of guanidine groups is 1. The van der Waals surface area contributed by atoms with Gasteiger partial charge in [0.15, 0.2) is 15.8 Å². The predicted molar refractivity (Wildman–Crippen MR) is 126 cm³/mol. The summed E-state index contributed by atoms with van der Waals surface area (Å²) in [4.78, 5) is 7.46. The second-order valence-electron chi connectivity index (χ2n) is 9.53. The molecule has 2 aliphatic heterocycles. The minimum atomic E-state index is -2.81. The van der Waals surface area contributed by atoms with Crippen LogP contribution in [0, 0.1) is 23.7 Å². The zero-order valence-corrected chi connectivity index (χ0v) is 20.3. The molecule has 4 fully saturated rings. The number of nitrogens with zero attached hydrogens (tertiary/aromatic N) is 2. The largest absolute Gasteiger partial charge is 0.356 e. The van der Waals surface area contributed by atoms with Crippen molar-refractivity contribution in [1.29, 1.82) is 0 Å². The third-order valence-corrected chi connectivity index (χ3v) is 9.21. The van der Waals surface area contributed by atoms with Crippen molar-refractivity contribution in [2.24, 2.45) is 28.7 Å². The number of nitrogens with one attached hydrogen (secondary N) is 1. The lowest BCUT2D eigenvalue weighted by atomic mass is 9.82. The van der Waals surface area contributed by atoms with Crippen LogP contribution in [0.4, 0.5) is 0 Å². The summed E-state index contributed by atoms with van der Waals surface area (Å²) in [6.07, 6.45) is 13.1. The van der Waals surface area contributed by atoms with Crippen LogP contribution in [-0.4, -0.2) is 57.0 Å². The average Bonchev–Trinajstić information content (AvgIpc) is 3.25. The van der Waals surface area contributed by atoms with E-state index in [0.717, 1.165) is 49.8 Å². The molecule has 0 amide bonds. The summed E-state index contributed by atoms with van der Waals surface area (Å²) < 4.78 is 23.5. The first kappa shape index (κ1) is 22.6. The van der Waals surface area contributed by atoms with Gasteiger partial charge >= 0.3 is 0 Å². The Kier molecular flexibility index (Phi) is 8.34. The molecule has 3 unspecified atom stereocenters. The van der Waals surface area contributed by atoms with E-state index in [0.29, 0.717) is 18.1 Å². The number of aliphatic imine (C=N–C) groups is 1. The van der Waals surface area contributed by atoms with E-state index in [9.17, 15) is 8.42 Å². The van der Waals surface area contributed by atoms with E-state index in [-0.39, 0.29) is 29.9 Å². The summed E-state index contributed by atoms with van der Waals surface area (Å²) in [5, 5.41) is 3.71. The van der Waals surface area contributed by atoms with Crippen molar-refractivity contribution in [3.8, 4) is 0 Å². The molecule has 4 aliphatic rings. The summed E-state index contributed by atoms with van der Waals surface area (Å²) in [6, 6.07) is 0. The zero-order valence-electron chi connectivity index (χ0n) is 17.2. The highest BCUT2D eigenvalue weighted by Crippen LogP contribution is 2.36. The first-order valence-corrected chi connectivity index (χ1v) is 13.1. The highest BCUT2D eigenvalue weighted by atomic mass is 127. The van der Waals surface area contributed by atoms with E-state index in [2.05, 4.69) is 10.2 Å². The van der Waals surface area contributed by atoms with E-state index in [1.807, 2.05) is 0 Å². The second kappa shape index (κ2) is 10.3. The molecule has 0 aromatic heterocycles. The summed E-state index contributed by atoms with van der Waals surface area (Å²) >= 11 is 0. The molecule has 0 spiro atoms. The van der Waals surface area contributed by atoms with Crippen LogP contribution in [0.1, 0.15) is 64.2 Å². The van der Waals surface area contributed by atoms with Crippen LogP contribution in [0.3, 0.4) is 0 Å². The molecule has 2 saturated carbocycles. The van der Waals surface area contributed by atoms with Crippen molar-refractivity contribution >= 4 is 39.8 Å². The Bertz CT molecular complexity index is 620. The predicted octanol–water partition coefficient (Wildman–Crippen LogP) is 3.69. The lowest BCUT2D eigenvalue weighted by Gasteiger charge is -2.27. The Morgan fingerprint density at radius 3 is 2.14 bits per heavy atom. The molecule has 1 N–H and O–H groups in total. The van der Waals surface area contributed by atoms with Gasteiger partial charge in [-0.25, -0.2) is 8.42 Å². The Morgan fingerprint density at radius 2 is 1.54 bits per heavy atom. The molecule has 5 nitrogen and oxygen atoms in total. The molecule has 0 aromatic carbocycles. The highest BCUT2D eigenvalue weighted by Gasteiger charge is 2.36. The average molecular weight is 524 g/mol. The van der Waals surface area contributed by atoms with Gasteiger partial charge in [-0.1, -0.05) is 32.1 Å². The molecule has 2 saturated heterocycles. The van der Waals surface area contributed by atoms with Gasteiger partial charge in [-0.15, -0.1) is 24.0 Å². The van der Waals surface area contributed by atoms with Gasteiger partial charge in [0.2, 0.25) is 0 Å². The van der Waals surface area contributed by atoms with Gasteiger partial charge in [-0.05, 0) is 55.8 Å². The third kappa shape index (κ3) is 5.99. The Balaban J connectivity index is 0.00000225.